The van der Waals surface area contributed by atoms with Gasteiger partial charge < -0.3 is 10.6 Å². The summed E-state index contributed by atoms with van der Waals surface area (Å²) in [6, 6.07) is 0.752. The van der Waals surface area contributed by atoms with Gasteiger partial charge in [0.15, 0.2) is 0 Å². The van der Waals surface area contributed by atoms with Crippen molar-refractivity contribution in [1.82, 2.24) is 10.6 Å². The molecule has 3 nitrogen and oxygen atoms in total. The van der Waals surface area contributed by atoms with E-state index in [0.29, 0.717) is 12.1 Å². The van der Waals surface area contributed by atoms with Crippen molar-refractivity contribution in [3.63, 3.8) is 0 Å². The van der Waals surface area contributed by atoms with Crippen molar-refractivity contribution in [2.45, 2.75) is 58.5 Å². The molecule has 1 saturated heterocycles. The second-order valence-corrected chi connectivity index (χ2v) is 6.26. The van der Waals surface area contributed by atoms with E-state index in [2.05, 4.69) is 31.4 Å². The van der Waals surface area contributed by atoms with E-state index in [0.717, 1.165) is 37.6 Å². The summed E-state index contributed by atoms with van der Waals surface area (Å²) in [6.07, 6.45) is 4.62. The van der Waals surface area contributed by atoms with Gasteiger partial charge in [-0.2, -0.15) is 0 Å². The van der Waals surface area contributed by atoms with Crippen LogP contribution < -0.4 is 10.6 Å². The molecule has 0 aromatic rings. The fourth-order valence-corrected chi connectivity index (χ4v) is 3.59. The normalized spacial score (nSPS) is 42.4. The van der Waals surface area contributed by atoms with Crippen LogP contribution in [0.25, 0.3) is 0 Å². The lowest BCUT2D eigenvalue weighted by Crippen LogP contribution is -2.44. The summed E-state index contributed by atoms with van der Waals surface area (Å²) < 4.78 is 0. The van der Waals surface area contributed by atoms with Crippen LogP contribution in [0, 0.1) is 17.8 Å². The monoisotopic (exact) mass is 238 g/mol. The minimum Gasteiger partial charge on any atom is -0.353 e. The Kier molecular flexibility index (Phi) is 4.08. The number of hydrogen-bond donors (Lipinski definition) is 2. The van der Waals surface area contributed by atoms with E-state index in [1.165, 1.54) is 6.42 Å². The standard InChI is InChI=1S/C14H26N2O/c1-9-6-10(2)8-12(7-9)16-14(17)13-4-5-15-11(13)3/h9-13,15H,4-8H2,1-3H3,(H,16,17). The van der Waals surface area contributed by atoms with Gasteiger partial charge in [0.2, 0.25) is 5.91 Å². The fourth-order valence-electron chi connectivity index (χ4n) is 3.59. The molecule has 0 spiro atoms. The van der Waals surface area contributed by atoms with Gasteiger partial charge in [0.1, 0.15) is 0 Å². The van der Waals surface area contributed by atoms with Crippen LogP contribution in [0.4, 0.5) is 0 Å². The Bertz CT molecular complexity index is 269. The quantitative estimate of drug-likeness (QED) is 0.772. The molecule has 0 aromatic carbocycles. The molecule has 4 unspecified atom stereocenters. The highest BCUT2D eigenvalue weighted by atomic mass is 16.2. The first kappa shape index (κ1) is 12.9. The lowest BCUT2D eigenvalue weighted by atomic mass is 9.80. The van der Waals surface area contributed by atoms with Gasteiger partial charge in [-0.3, -0.25) is 4.79 Å². The van der Waals surface area contributed by atoms with Crippen molar-refractivity contribution >= 4 is 5.91 Å². The van der Waals surface area contributed by atoms with Crippen molar-refractivity contribution in [3.05, 3.63) is 0 Å². The first-order valence-electron chi connectivity index (χ1n) is 7.10. The summed E-state index contributed by atoms with van der Waals surface area (Å²) in [5.41, 5.74) is 0. The van der Waals surface area contributed by atoms with Gasteiger partial charge in [-0.15, -0.1) is 0 Å². The topological polar surface area (TPSA) is 41.1 Å². The lowest BCUT2D eigenvalue weighted by molar-refractivity contribution is -0.126. The minimum atomic E-state index is 0.183. The molecule has 98 valence electrons. The third kappa shape index (κ3) is 3.21. The molecular formula is C14H26N2O. The third-order valence-corrected chi connectivity index (χ3v) is 4.39. The third-order valence-electron chi connectivity index (χ3n) is 4.39. The molecule has 1 aliphatic carbocycles. The van der Waals surface area contributed by atoms with Crippen molar-refractivity contribution in [2.75, 3.05) is 6.54 Å². The summed E-state index contributed by atoms with van der Waals surface area (Å²) in [7, 11) is 0. The van der Waals surface area contributed by atoms with Crippen LogP contribution in [0.5, 0.6) is 0 Å². The van der Waals surface area contributed by atoms with Gasteiger partial charge >= 0.3 is 0 Å². The van der Waals surface area contributed by atoms with Crippen LogP contribution >= 0.6 is 0 Å². The zero-order chi connectivity index (χ0) is 12.4. The maximum atomic E-state index is 12.2. The summed E-state index contributed by atoms with van der Waals surface area (Å²) in [6.45, 7) is 7.70. The van der Waals surface area contributed by atoms with Crippen LogP contribution in [0.2, 0.25) is 0 Å². The Balaban J connectivity index is 1.85. The zero-order valence-electron chi connectivity index (χ0n) is 11.3. The first-order chi connectivity index (χ1) is 8.06. The molecule has 1 aliphatic heterocycles. The SMILES string of the molecule is CC1CC(C)CC(NC(=O)C2CCNC2C)C1. The highest BCUT2D eigenvalue weighted by Gasteiger charge is 2.32. The van der Waals surface area contributed by atoms with Crippen LogP contribution in [-0.4, -0.2) is 24.5 Å². The van der Waals surface area contributed by atoms with Crippen molar-refractivity contribution in [1.29, 1.82) is 0 Å². The Labute approximate surface area is 105 Å². The molecule has 2 fully saturated rings. The number of hydrogen-bond acceptors (Lipinski definition) is 2. The summed E-state index contributed by atoms with van der Waals surface area (Å²) >= 11 is 0. The molecular weight excluding hydrogens is 212 g/mol. The van der Waals surface area contributed by atoms with Gasteiger partial charge in [-0.25, -0.2) is 0 Å². The first-order valence-corrected chi connectivity index (χ1v) is 7.10. The zero-order valence-corrected chi connectivity index (χ0v) is 11.3. The van der Waals surface area contributed by atoms with Crippen LogP contribution in [0.15, 0.2) is 0 Å². The highest BCUT2D eigenvalue weighted by molar-refractivity contribution is 5.80. The predicted molar refractivity (Wildman–Crippen MR) is 69.7 cm³/mol. The largest absolute Gasteiger partial charge is 0.353 e. The van der Waals surface area contributed by atoms with E-state index in [1.807, 2.05) is 0 Å². The Morgan fingerprint density at radius 3 is 2.29 bits per heavy atom. The molecule has 0 bridgehead atoms. The minimum absolute atomic E-state index is 0.183. The molecule has 2 N–H and O–H groups in total. The summed E-state index contributed by atoms with van der Waals surface area (Å²) in [4.78, 5) is 12.2. The van der Waals surface area contributed by atoms with Gasteiger partial charge in [0, 0.05) is 12.1 Å². The van der Waals surface area contributed by atoms with Gasteiger partial charge in [0.05, 0.1) is 5.92 Å². The molecule has 1 saturated carbocycles. The van der Waals surface area contributed by atoms with E-state index in [4.69, 9.17) is 0 Å². The molecule has 1 amide bonds. The number of carbonyl (C=O) groups is 1. The maximum absolute atomic E-state index is 12.2. The lowest BCUT2D eigenvalue weighted by Gasteiger charge is -2.32. The number of amides is 1. The molecule has 4 atom stereocenters. The van der Waals surface area contributed by atoms with Crippen molar-refractivity contribution in [2.24, 2.45) is 17.8 Å². The van der Waals surface area contributed by atoms with Gasteiger partial charge in [0.25, 0.3) is 0 Å². The fraction of sp³-hybridized carbons (Fsp3) is 0.929. The summed E-state index contributed by atoms with van der Waals surface area (Å²) in [5.74, 6) is 1.96. The molecule has 1 heterocycles. The molecule has 3 heteroatoms. The number of nitrogens with one attached hydrogen (secondary N) is 2. The number of rotatable bonds is 2. The Morgan fingerprint density at radius 2 is 1.76 bits per heavy atom. The van der Waals surface area contributed by atoms with Crippen LogP contribution in [0.1, 0.15) is 46.5 Å². The molecule has 0 aromatic heterocycles. The van der Waals surface area contributed by atoms with Crippen LogP contribution in [0.3, 0.4) is 0 Å². The number of carbonyl (C=O) groups excluding carboxylic acids is 1. The van der Waals surface area contributed by atoms with Gasteiger partial charge in [-0.1, -0.05) is 13.8 Å². The van der Waals surface area contributed by atoms with Crippen molar-refractivity contribution < 1.29 is 4.79 Å². The highest BCUT2D eigenvalue weighted by Crippen LogP contribution is 2.29. The van der Waals surface area contributed by atoms with Gasteiger partial charge in [-0.05, 0) is 51.0 Å². The smallest absolute Gasteiger partial charge is 0.224 e. The average molecular weight is 238 g/mol. The van der Waals surface area contributed by atoms with E-state index >= 15 is 0 Å². The maximum Gasteiger partial charge on any atom is 0.224 e. The Morgan fingerprint density at radius 1 is 1.12 bits per heavy atom. The predicted octanol–water partition coefficient (Wildman–Crippen LogP) is 1.93. The second kappa shape index (κ2) is 5.38. The van der Waals surface area contributed by atoms with E-state index < -0.39 is 0 Å². The van der Waals surface area contributed by atoms with E-state index in [9.17, 15) is 4.79 Å². The second-order valence-electron chi connectivity index (χ2n) is 6.26. The van der Waals surface area contributed by atoms with E-state index in [-0.39, 0.29) is 11.8 Å². The average Bonchev–Trinajstić information content (AvgIpc) is 2.62. The molecule has 17 heavy (non-hydrogen) atoms. The molecule has 0 radical (unpaired) electrons. The molecule has 2 rings (SSSR count). The van der Waals surface area contributed by atoms with E-state index in [1.54, 1.807) is 0 Å². The molecule has 2 aliphatic rings. The summed E-state index contributed by atoms with van der Waals surface area (Å²) in [5, 5.41) is 6.62. The van der Waals surface area contributed by atoms with Crippen molar-refractivity contribution in [3.8, 4) is 0 Å². The Hall–Kier alpha value is -0.570. The van der Waals surface area contributed by atoms with Crippen LogP contribution in [-0.2, 0) is 4.79 Å².